The summed E-state index contributed by atoms with van der Waals surface area (Å²) in [6, 6.07) is 21.5. The first-order valence-electron chi connectivity index (χ1n) is 8.12. The van der Waals surface area contributed by atoms with E-state index >= 15 is 0 Å². The zero-order valence-electron chi connectivity index (χ0n) is 14.5. The van der Waals surface area contributed by atoms with E-state index < -0.39 is 15.9 Å². The number of hydrogen-bond donors (Lipinski definition) is 2. The summed E-state index contributed by atoms with van der Waals surface area (Å²) < 4.78 is 33.1. The summed E-state index contributed by atoms with van der Waals surface area (Å²) >= 11 is 0. The van der Waals surface area contributed by atoms with Gasteiger partial charge in [-0.1, -0.05) is 36.4 Å². The minimum atomic E-state index is -3.88. The van der Waals surface area contributed by atoms with Crippen LogP contribution in [0.2, 0.25) is 0 Å². The molecule has 3 aromatic rings. The SMILES string of the molecule is COc1ccccc1NS(=O)(=O)c1cccc(C(=O)Nc2ccccc2)c1. The highest BCUT2D eigenvalue weighted by Crippen LogP contribution is 2.26. The molecule has 0 aromatic heterocycles. The lowest BCUT2D eigenvalue weighted by molar-refractivity contribution is 0.102. The first-order chi connectivity index (χ1) is 13.0. The van der Waals surface area contributed by atoms with Crippen LogP contribution in [0.4, 0.5) is 11.4 Å². The van der Waals surface area contributed by atoms with Crippen molar-refractivity contribution in [1.82, 2.24) is 0 Å². The van der Waals surface area contributed by atoms with E-state index in [-0.39, 0.29) is 10.5 Å². The predicted molar refractivity (Wildman–Crippen MR) is 105 cm³/mol. The van der Waals surface area contributed by atoms with Crippen molar-refractivity contribution in [2.75, 3.05) is 17.1 Å². The molecule has 0 fully saturated rings. The van der Waals surface area contributed by atoms with Crippen LogP contribution < -0.4 is 14.8 Å². The zero-order chi connectivity index (χ0) is 19.3. The van der Waals surface area contributed by atoms with Crippen LogP contribution in [-0.4, -0.2) is 21.4 Å². The Morgan fingerprint density at radius 1 is 0.889 bits per heavy atom. The van der Waals surface area contributed by atoms with Crippen LogP contribution >= 0.6 is 0 Å². The quantitative estimate of drug-likeness (QED) is 0.680. The van der Waals surface area contributed by atoms with Crippen LogP contribution in [-0.2, 0) is 10.0 Å². The molecule has 6 nitrogen and oxygen atoms in total. The molecular weight excluding hydrogens is 364 g/mol. The lowest BCUT2D eigenvalue weighted by Crippen LogP contribution is -2.16. The summed E-state index contributed by atoms with van der Waals surface area (Å²) in [5.41, 5.74) is 1.18. The van der Waals surface area contributed by atoms with Crippen LogP contribution in [0, 0.1) is 0 Å². The maximum atomic E-state index is 12.7. The number of hydrogen-bond acceptors (Lipinski definition) is 4. The van der Waals surface area contributed by atoms with Gasteiger partial charge in [0.2, 0.25) is 0 Å². The van der Waals surface area contributed by atoms with Gasteiger partial charge in [-0.3, -0.25) is 9.52 Å². The third kappa shape index (κ3) is 4.45. The normalized spacial score (nSPS) is 10.9. The van der Waals surface area contributed by atoms with E-state index in [1.807, 2.05) is 6.07 Å². The summed E-state index contributed by atoms with van der Waals surface area (Å²) in [5, 5.41) is 2.73. The molecule has 0 aliphatic carbocycles. The molecule has 7 heteroatoms. The average molecular weight is 382 g/mol. The lowest BCUT2D eigenvalue weighted by Gasteiger charge is -2.12. The average Bonchev–Trinajstić information content (AvgIpc) is 2.69. The third-order valence-corrected chi connectivity index (χ3v) is 5.15. The Morgan fingerprint density at radius 2 is 1.59 bits per heavy atom. The molecular formula is C20H18N2O4S. The van der Waals surface area contributed by atoms with Gasteiger partial charge < -0.3 is 10.1 Å². The Balaban J connectivity index is 1.84. The number of benzene rings is 3. The second-order valence-electron chi connectivity index (χ2n) is 5.65. The first-order valence-corrected chi connectivity index (χ1v) is 9.60. The van der Waals surface area contributed by atoms with Gasteiger partial charge in [0.05, 0.1) is 17.7 Å². The molecule has 2 N–H and O–H groups in total. The lowest BCUT2D eigenvalue weighted by atomic mass is 10.2. The van der Waals surface area contributed by atoms with Crippen molar-refractivity contribution in [3.05, 3.63) is 84.4 Å². The minimum absolute atomic E-state index is 0.0193. The van der Waals surface area contributed by atoms with Gasteiger partial charge in [0.25, 0.3) is 15.9 Å². The summed E-state index contributed by atoms with van der Waals surface area (Å²) in [6.45, 7) is 0. The van der Waals surface area contributed by atoms with Crippen LogP contribution in [0.3, 0.4) is 0 Å². The maximum Gasteiger partial charge on any atom is 0.262 e. The molecule has 0 saturated heterocycles. The van der Waals surface area contributed by atoms with Gasteiger partial charge in [-0.25, -0.2) is 8.42 Å². The first kappa shape index (κ1) is 18.5. The minimum Gasteiger partial charge on any atom is -0.495 e. The van der Waals surface area contributed by atoms with Crippen molar-refractivity contribution in [3.63, 3.8) is 0 Å². The van der Waals surface area contributed by atoms with Crippen LogP contribution in [0.5, 0.6) is 5.75 Å². The molecule has 0 aliphatic heterocycles. The number of ether oxygens (including phenoxy) is 1. The molecule has 0 heterocycles. The number of rotatable bonds is 6. The van der Waals surface area contributed by atoms with E-state index in [1.165, 1.54) is 25.3 Å². The number of amides is 1. The van der Waals surface area contributed by atoms with E-state index in [4.69, 9.17) is 4.74 Å². The van der Waals surface area contributed by atoms with Crippen molar-refractivity contribution in [2.24, 2.45) is 0 Å². The van der Waals surface area contributed by atoms with Crippen molar-refractivity contribution in [2.45, 2.75) is 4.90 Å². The van der Waals surface area contributed by atoms with E-state index in [9.17, 15) is 13.2 Å². The molecule has 27 heavy (non-hydrogen) atoms. The molecule has 138 valence electrons. The fourth-order valence-electron chi connectivity index (χ4n) is 2.46. The number of nitrogens with one attached hydrogen (secondary N) is 2. The molecule has 0 aliphatic rings. The van der Waals surface area contributed by atoms with Crippen molar-refractivity contribution < 1.29 is 17.9 Å². The standard InChI is InChI=1S/C20H18N2O4S/c1-26-19-13-6-5-12-18(19)22-27(24,25)17-11-7-8-15(14-17)20(23)21-16-9-3-2-4-10-16/h2-14,22H,1H3,(H,21,23). The summed E-state index contributed by atoms with van der Waals surface area (Å²) in [6.07, 6.45) is 0. The molecule has 0 radical (unpaired) electrons. The van der Waals surface area contributed by atoms with Gasteiger partial charge >= 0.3 is 0 Å². The van der Waals surface area contributed by atoms with E-state index in [1.54, 1.807) is 54.6 Å². The molecule has 0 unspecified atom stereocenters. The smallest absolute Gasteiger partial charge is 0.262 e. The second kappa shape index (κ2) is 7.92. The Kier molecular flexibility index (Phi) is 5.42. The fourth-order valence-corrected chi connectivity index (χ4v) is 3.58. The van der Waals surface area contributed by atoms with Crippen LogP contribution in [0.1, 0.15) is 10.4 Å². The Morgan fingerprint density at radius 3 is 2.33 bits per heavy atom. The van der Waals surface area contributed by atoms with Gasteiger partial charge in [-0.05, 0) is 42.5 Å². The number of carbonyl (C=O) groups excluding carboxylic acids is 1. The number of para-hydroxylation sites is 3. The topological polar surface area (TPSA) is 84.5 Å². The highest BCUT2D eigenvalue weighted by atomic mass is 32.2. The highest BCUT2D eigenvalue weighted by molar-refractivity contribution is 7.92. The van der Waals surface area contributed by atoms with Gasteiger partial charge in [-0.15, -0.1) is 0 Å². The van der Waals surface area contributed by atoms with Crippen molar-refractivity contribution in [3.8, 4) is 5.75 Å². The second-order valence-corrected chi connectivity index (χ2v) is 7.34. The van der Waals surface area contributed by atoms with Gasteiger partial charge in [0, 0.05) is 11.3 Å². The Bertz CT molecular complexity index is 1050. The van der Waals surface area contributed by atoms with Crippen LogP contribution in [0.25, 0.3) is 0 Å². The predicted octanol–water partition coefficient (Wildman–Crippen LogP) is 3.75. The van der Waals surface area contributed by atoms with Gasteiger partial charge in [-0.2, -0.15) is 0 Å². The molecule has 0 bridgehead atoms. The number of methoxy groups -OCH3 is 1. The van der Waals surface area contributed by atoms with E-state index in [0.717, 1.165) is 0 Å². The van der Waals surface area contributed by atoms with E-state index in [0.29, 0.717) is 17.1 Å². The van der Waals surface area contributed by atoms with E-state index in [2.05, 4.69) is 10.0 Å². The number of anilines is 2. The largest absolute Gasteiger partial charge is 0.495 e. The molecule has 0 atom stereocenters. The summed E-state index contributed by atoms with van der Waals surface area (Å²) in [4.78, 5) is 12.4. The monoisotopic (exact) mass is 382 g/mol. The van der Waals surface area contributed by atoms with Crippen LogP contribution in [0.15, 0.2) is 83.8 Å². The third-order valence-electron chi connectivity index (χ3n) is 3.79. The number of carbonyl (C=O) groups is 1. The molecule has 0 saturated carbocycles. The van der Waals surface area contributed by atoms with Crippen molar-refractivity contribution >= 4 is 27.3 Å². The highest BCUT2D eigenvalue weighted by Gasteiger charge is 2.18. The Labute approximate surface area is 157 Å². The summed E-state index contributed by atoms with van der Waals surface area (Å²) in [7, 11) is -2.42. The molecule has 1 amide bonds. The Hall–Kier alpha value is -3.32. The van der Waals surface area contributed by atoms with Gasteiger partial charge in [0.15, 0.2) is 0 Å². The molecule has 3 rings (SSSR count). The maximum absolute atomic E-state index is 12.7. The zero-order valence-corrected chi connectivity index (χ0v) is 15.4. The fraction of sp³-hybridized carbons (Fsp3) is 0.0500. The summed E-state index contributed by atoms with van der Waals surface area (Å²) in [5.74, 6) is 0.00888. The molecule has 0 spiro atoms. The van der Waals surface area contributed by atoms with Gasteiger partial charge in [0.1, 0.15) is 5.75 Å². The molecule has 3 aromatic carbocycles. The number of sulfonamides is 1. The van der Waals surface area contributed by atoms with Crippen molar-refractivity contribution in [1.29, 1.82) is 0 Å².